The number of benzene rings is 2. The molecule has 0 spiro atoms. The van der Waals surface area contributed by atoms with E-state index >= 15 is 0 Å². The summed E-state index contributed by atoms with van der Waals surface area (Å²) in [5.41, 5.74) is 8.23. The summed E-state index contributed by atoms with van der Waals surface area (Å²) in [6.07, 6.45) is 0.691. The number of anilines is 1. The van der Waals surface area contributed by atoms with Crippen molar-refractivity contribution in [3.8, 4) is 5.75 Å². The highest BCUT2D eigenvalue weighted by Gasteiger charge is 2.26. The van der Waals surface area contributed by atoms with Gasteiger partial charge in [-0.2, -0.15) is 0 Å². The zero-order valence-corrected chi connectivity index (χ0v) is 11.3. The Balaban J connectivity index is 1.91. The van der Waals surface area contributed by atoms with Crippen LogP contribution in [0.1, 0.15) is 21.5 Å². The van der Waals surface area contributed by atoms with E-state index in [1.807, 2.05) is 18.2 Å². The quantitative estimate of drug-likeness (QED) is 0.791. The van der Waals surface area contributed by atoms with Crippen LogP contribution in [0.4, 0.5) is 10.1 Å². The number of carbonyl (C=O) groups is 1. The fourth-order valence-corrected chi connectivity index (χ4v) is 2.63. The molecule has 0 saturated carbocycles. The molecule has 0 aromatic heterocycles. The molecule has 21 heavy (non-hydrogen) atoms. The number of nitrogen functional groups attached to an aromatic ring is 1. The molecule has 108 valence electrons. The second-order valence-electron chi connectivity index (χ2n) is 5.14. The molecule has 0 aliphatic carbocycles. The van der Waals surface area contributed by atoms with Gasteiger partial charge in [0.15, 0.2) is 0 Å². The third-order valence-corrected chi connectivity index (χ3v) is 3.74. The molecule has 0 radical (unpaired) electrons. The molecule has 2 aromatic carbocycles. The van der Waals surface area contributed by atoms with Crippen LogP contribution in [0.5, 0.6) is 5.75 Å². The lowest BCUT2D eigenvalue weighted by Gasteiger charge is -2.29. The van der Waals surface area contributed by atoms with Crippen LogP contribution in [-0.2, 0) is 13.0 Å². The minimum Gasteiger partial charge on any atom is -0.507 e. The van der Waals surface area contributed by atoms with Crippen LogP contribution in [-0.4, -0.2) is 22.5 Å². The normalized spacial score (nSPS) is 13.9. The van der Waals surface area contributed by atoms with Gasteiger partial charge in [-0.15, -0.1) is 0 Å². The lowest BCUT2D eigenvalue weighted by atomic mass is 9.98. The van der Waals surface area contributed by atoms with Crippen molar-refractivity contribution in [1.29, 1.82) is 0 Å². The van der Waals surface area contributed by atoms with Crippen molar-refractivity contribution < 1.29 is 14.3 Å². The largest absolute Gasteiger partial charge is 0.507 e. The molecular weight excluding hydrogens is 271 g/mol. The average Bonchev–Trinajstić information content (AvgIpc) is 2.46. The summed E-state index contributed by atoms with van der Waals surface area (Å²) in [5.74, 6) is -1.55. The maximum atomic E-state index is 13.8. The first kappa shape index (κ1) is 13.4. The molecule has 2 aromatic rings. The van der Waals surface area contributed by atoms with E-state index in [0.29, 0.717) is 25.2 Å². The smallest absolute Gasteiger partial charge is 0.260 e. The van der Waals surface area contributed by atoms with Gasteiger partial charge in [-0.05, 0) is 41.8 Å². The molecule has 4 nitrogen and oxygen atoms in total. The van der Waals surface area contributed by atoms with Gasteiger partial charge in [0.2, 0.25) is 0 Å². The number of aromatic hydroxyl groups is 1. The third-order valence-electron chi connectivity index (χ3n) is 3.74. The summed E-state index contributed by atoms with van der Waals surface area (Å²) in [4.78, 5) is 14.0. The van der Waals surface area contributed by atoms with Crippen LogP contribution < -0.4 is 5.73 Å². The number of nitrogens with zero attached hydrogens (tertiary/aromatic N) is 1. The van der Waals surface area contributed by atoms with E-state index in [1.165, 1.54) is 23.1 Å². The first-order valence-corrected chi connectivity index (χ1v) is 6.70. The van der Waals surface area contributed by atoms with Crippen molar-refractivity contribution in [3.05, 3.63) is 58.9 Å². The predicted octanol–water partition coefficient (Wildman–Crippen LogP) is 2.31. The molecular formula is C16H15FN2O2. The highest BCUT2D eigenvalue weighted by molar-refractivity contribution is 5.97. The van der Waals surface area contributed by atoms with E-state index in [0.717, 1.165) is 11.1 Å². The Morgan fingerprint density at radius 2 is 2.05 bits per heavy atom. The van der Waals surface area contributed by atoms with Crippen molar-refractivity contribution in [2.75, 3.05) is 12.3 Å². The van der Waals surface area contributed by atoms with Crippen molar-refractivity contribution >= 4 is 11.6 Å². The van der Waals surface area contributed by atoms with Gasteiger partial charge in [-0.3, -0.25) is 4.79 Å². The number of rotatable bonds is 1. The van der Waals surface area contributed by atoms with E-state index in [-0.39, 0.29) is 11.3 Å². The number of hydrogen-bond acceptors (Lipinski definition) is 3. The molecule has 0 saturated heterocycles. The van der Waals surface area contributed by atoms with Gasteiger partial charge >= 0.3 is 0 Å². The molecule has 0 atom stereocenters. The fourth-order valence-electron chi connectivity index (χ4n) is 2.63. The second-order valence-corrected chi connectivity index (χ2v) is 5.14. The fraction of sp³-hybridized carbons (Fsp3) is 0.188. The predicted molar refractivity (Wildman–Crippen MR) is 77.4 cm³/mol. The molecule has 0 fully saturated rings. The van der Waals surface area contributed by atoms with Gasteiger partial charge in [-0.25, -0.2) is 4.39 Å². The molecule has 1 amide bonds. The van der Waals surface area contributed by atoms with Crippen LogP contribution in [0.25, 0.3) is 0 Å². The van der Waals surface area contributed by atoms with Crippen LogP contribution >= 0.6 is 0 Å². The van der Waals surface area contributed by atoms with E-state index in [4.69, 9.17) is 5.73 Å². The van der Waals surface area contributed by atoms with Crippen molar-refractivity contribution in [3.63, 3.8) is 0 Å². The minimum absolute atomic E-state index is 0.273. The summed E-state index contributed by atoms with van der Waals surface area (Å²) < 4.78 is 13.8. The third kappa shape index (κ3) is 2.42. The Morgan fingerprint density at radius 1 is 1.24 bits per heavy atom. The number of hydrogen-bond donors (Lipinski definition) is 2. The number of nitrogens with two attached hydrogens (primary N) is 1. The number of fused-ring (bicyclic) bond motifs is 1. The average molecular weight is 286 g/mol. The summed E-state index contributed by atoms with van der Waals surface area (Å²) in [7, 11) is 0. The Kier molecular flexibility index (Phi) is 3.25. The van der Waals surface area contributed by atoms with Gasteiger partial charge in [-0.1, -0.05) is 12.1 Å². The zero-order chi connectivity index (χ0) is 15.0. The Bertz CT molecular complexity index is 695. The van der Waals surface area contributed by atoms with Gasteiger partial charge in [0.1, 0.15) is 17.1 Å². The first-order valence-electron chi connectivity index (χ1n) is 6.70. The summed E-state index contributed by atoms with van der Waals surface area (Å²) in [5, 5.41) is 9.72. The van der Waals surface area contributed by atoms with Crippen LogP contribution in [0.15, 0.2) is 36.4 Å². The summed E-state index contributed by atoms with van der Waals surface area (Å²) in [6, 6.07) is 9.46. The highest BCUT2D eigenvalue weighted by Crippen LogP contribution is 2.26. The van der Waals surface area contributed by atoms with Crippen molar-refractivity contribution in [1.82, 2.24) is 4.90 Å². The van der Waals surface area contributed by atoms with Crippen molar-refractivity contribution in [2.24, 2.45) is 0 Å². The van der Waals surface area contributed by atoms with Gasteiger partial charge in [0.25, 0.3) is 5.91 Å². The van der Waals surface area contributed by atoms with Crippen LogP contribution in [0, 0.1) is 5.82 Å². The standard InChI is InChI=1S/C16H15FN2O2/c17-13-2-1-3-14(20)15(13)16(21)19-7-6-10-4-5-12(18)8-11(10)9-19/h1-5,8,20H,6-7,9,18H2. The molecule has 1 aliphatic heterocycles. The topological polar surface area (TPSA) is 66.6 Å². The Labute approximate surface area is 121 Å². The monoisotopic (exact) mass is 286 g/mol. The number of halogens is 1. The second kappa shape index (κ2) is 5.09. The summed E-state index contributed by atoms with van der Waals surface area (Å²) >= 11 is 0. The minimum atomic E-state index is -0.710. The van der Waals surface area contributed by atoms with Crippen LogP contribution in [0.2, 0.25) is 0 Å². The van der Waals surface area contributed by atoms with E-state index in [2.05, 4.69) is 0 Å². The molecule has 5 heteroatoms. The molecule has 0 unspecified atom stereocenters. The van der Waals surface area contributed by atoms with E-state index < -0.39 is 11.7 Å². The SMILES string of the molecule is Nc1ccc2c(c1)CN(C(=O)c1c(O)cccc1F)CC2. The Hall–Kier alpha value is -2.56. The maximum absolute atomic E-state index is 13.8. The number of carbonyl (C=O) groups excluding carboxylic acids is 1. The van der Waals surface area contributed by atoms with Gasteiger partial charge in [0.05, 0.1) is 0 Å². The maximum Gasteiger partial charge on any atom is 0.260 e. The molecule has 1 aliphatic rings. The number of phenols is 1. The first-order chi connectivity index (χ1) is 10.1. The van der Waals surface area contributed by atoms with Gasteiger partial charge < -0.3 is 15.7 Å². The lowest BCUT2D eigenvalue weighted by molar-refractivity contribution is 0.0726. The van der Waals surface area contributed by atoms with E-state index in [1.54, 1.807) is 0 Å². The summed E-state index contributed by atoms with van der Waals surface area (Å²) in [6.45, 7) is 0.858. The molecule has 3 rings (SSSR count). The van der Waals surface area contributed by atoms with Gasteiger partial charge in [0, 0.05) is 18.8 Å². The van der Waals surface area contributed by atoms with Crippen molar-refractivity contribution in [2.45, 2.75) is 13.0 Å². The number of phenolic OH excluding ortho intramolecular Hbond substituents is 1. The van der Waals surface area contributed by atoms with E-state index in [9.17, 15) is 14.3 Å². The highest BCUT2D eigenvalue weighted by atomic mass is 19.1. The van der Waals surface area contributed by atoms with Crippen LogP contribution in [0.3, 0.4) is 0 Å². The molecule has 0 bridgehead atoms. The number of amides is 1. The zero-order valence-electron chi connectivity index (χ0n) is 11.3. The lowest BCUT2D eigenvalue weighted by Crippen LogP contribution is -2.36. The molecule has 3 N–H and O–H groups in total. The molecule has 1 heterocycles. The Morgan fingerprint density at radius 3 is 2.81 bits per heavy atom.